The van der Waals surface area contributed by atoms with Gasteiger partial charge in [-0.2, -0.15) is 0 Å². The summed E-state index contributed by atoms with van der Waals surface area (Å²) in [5.74, 6) is -2.74. The number of hydrogen-bond donors (Lipinski definition) is 1. The Morgan fingerprint density at radius 2 is 1.90 bits per heavy atom. The maximum atomic E-state index is 13.7. The van der Waals surface area contributed by atoms with E-state index in [-0.39, 0.29) is 42.0 Å². The Bertz CT molecular complexity index is 1420. The third-order valence-corrected chi connectivity index (χ3v) is 12.6. The lowest BCUT2D eigenvalue weighted by atomic mass is 9.57. The smallest absolute Gasteiger partial charge is 0.362 e. The zero-order valence-electron chi connectivity index (χ0n) is 28.8. The second kappa shape index (κ2) is 12.8. The Balaban J connectivity index is 1.17. The van der Waals surface area contributed by atoms with Crippen molar-refractivity contribution in [2.45, 2.75) is 82.8 Å². The molecule has 1 spiro atoms. The molecule has 4 saturated heterocycles. The summed E-state index contributed by atoms with van der Waals surface area (Å²) < 4.78 is 31.9. The van der Waals surface area contributed by atoms with Gasteiger partial charge in [0.25, 0.3) is 0 Å². The monoisotopic (exact) mass is 667 g/mol. The van der Waals surface area contributed by atoms with Crippen LogP contribution in [0.4, 0.5) is 0 Å². The van der Waals surface area contributed by atoms with Gasteiger partial charge >= 0.3 is 17.9 Å². The van der Waals surface area contributed by atoms with Gasteiger partial charge in [0.05, 0.1) is 25.7 Å². The molecule has 6 bridgehead atoms. The van der Waals surface area contributed by atoms with Crippen molar-refractivity contribution >= 4 is 17.9 Å². The molecular weight excluding hydrogens is 616 g/mol. The van der Waals surface area contributed by atoms with E-state index in [2.05, 4.69) is 23.1 Å². The van der Waals surface area contributed by atoms with E-state index in [1.165, 1.54) is 7.11 Å². The number of ether oxygens (including phenoxy) is 5. The molecule has 0 aromatic rings. The Morgan fingerprint density at radius 1 is 1.17 bits per heavy atom. The van der Waals surface area contributed by atoms with Gasteiger partial charge in [-0.1, -0.05) is 50.3 Å². The number of fused-ring (bicyclic) bond motifs is 3. The molecule has 1 N–H and O–H groups in total. The first-order valence-electron chi connectivity index (χ1n) is 17.8. The second-order valence-corrected chi connectivity index (χ2v) is 15.3. The van der Waals surface area contributed by atoms with Gasteiger partial charge in [0.2, 0.25) is 0 Å². The molecule has 1 saturated carbocycles. The predicted octanol–water partition coefficient (Wildman–Crippen LogP) is 2.34. The minimum Gasteiger partial charge on any atom is -0.456 e. The van der Waals surface area contributed by atoms with Crippen molar-refractivity contribution in [2.75, 3.05) is 52.9 Å². The number of aliphatic hydroxyl groups excluding tert-OH is 1. The lowest BCUT2D eigenvalue weighted by molar-refractivity contribution is -0.934. The molecule has 0 radical (unpaired) electrons. The number of allylic oxidation sites excluding steroid dienone is 3. The highest BCUT2D eigenvalue weighted by Gasteiger charge is 2.69. The molecular formula is C37H51N2O9+. The predicted molar refractivity (Wildman–Crippen MR) is 174 cm³/mol. The summed E-state index contributed by atoms with van der Waals surface area (Å²) in [5.41, 5.74) is 0.524. The summed E-state index contributed by atoms with van der Waals surface area (Å²) in [6, 6.07) is 0. The van der Waals surface area contributed by atoms with Gasteiger partial charge in [0.15, 0.2) is 12.6 Å². The van der Waals surface area contributed by atoms with E-state index < -0.39 is 54.2 Å². The Labute approximate surface area is 283 Å². The van der Waals surface area contributed by atoms with Crippen LogP contribution in [0.25, 0.3) is 0 Å². The summed E-state index contributed by atoms with van der Waals surface area (Å²) in [5, 5.41) is 12.0. The highest BCUT2D eigenvalue weighted by atomic mass is 16.6. The van der Waals surface area contributed by atoms with Gasteiger partial charge < -0.3 is 33.3 Å². The Hall–Kier alpha value is -2.83. The van der Waals surface area contributed by atoms with Crippen LogP contribution >= 0.6 is 0 Å². The van der Waals surface area contributed by atoms with Crippen molar-refractivity contribution < 1.29 is 47.7 Å². The summed E-state index contributed by atoms with van der Waals surface area (Å²) in [4.78, 5) is 42.7. The van der Waals surface area contributed by atoms with E-state index in [1.807, 2.05) is 32.9 Å². The maximum Gasteiger partial charge on any atom is 0.362 e. The fourth-order valence-electron chi connectivity index (χ4n) is 9.84. The number of methoxy groups -OCH3 is 1. The molecule has 262 valence electrons. The molecule has 0 unspecified atom stereocenters. The Morgan fingerprint density at radius 3 is 2.56 bits per heavy atom. The fraction of sp³-hybridized carbons (Fsp3) is 0.703. The van der Waals surface area contributed by atoms with Crippen LogP contribution in [0.5, 0.6) is 0 Å². The minimum absolute atomic E-state index is 0.185. The molecule has 12 atom stereocenters. The number of esters is 3. The first-order chi connectivity index (χ1) is 23.0. The molecule has 0 amide bonds. The molecule has 3 aliphatic carbocycles. The van der Waals surface area contributed by atoms with E-state index >= 15 is 0 Å². The number of carbonyl (C=O) groups is 3. The minimum atomic E-state index is -0.966. The molecule has 5 aliphatic heterocycles. The number of quaternary nitrogens is 1. The molecule has 8 rings (SSSR count). The van der Waals surface area contributed by atoms with Crippen molar-refractivity contribution in [3.63, 3.8) is 0 Å². The molecule has 11 nitrogen and oxygen atoms in total. The van der Waals surface area contributed by atoms with Gasteiger partial charge in [-0.15, -0.1) is 0 Å². The van der Waals surface area contributed by atoms with E-state index in [0.29, 0.717) is 18.5 Å². The van der Waals surface area contributed by atoms with Crippen molar-refractivity contribution in [3.8, 4) is 0 Å². The van der Waals surface area contributed by atoms with E-state index in [4.69, 9.17) is 23.7 Å². The summed E-state index contributed by atoms with van der Waals surface area (Å²) >= 11 is 0. The molecule has 11 heteroatoms. The van der Waals surface area contributed by atoms with Crippen molar-refractivity contribution in [1.29, 1.82) is 0 Å². The van der Waals surface area contributed by atoms with Gasteiger partial charge in [0.1, 0.15) is 30.0 Å². The normalized spacial score (nSPS) is 46.1. The lowest BCUT2D eigenvalue weighted by Crippen LogP contribution is -2.68. The number of rotatable bonds is 7. The van der Waals surface area contributed by atoms with E-state index in [9.17, 15) is 19.5 Å². The fourth-order valence-corrected chi connectivity index (χ4v) is 9.84. The number of nitrogens with zero attached hydrogens (tertiary/aromatic N) is 2. The Kier molecular flexibility index (Phi) is 8.98. The summed E-state index contributed by atoms with van der Waals surface area (Å²) in [7, 11) is 1.49. The number of hydrogen-bond acceptors (Lipinski definition) is 10. The SMILES string of the molecule is CO[C@H]1C[C@H]2C=C[C@H]3[C@H]4O[C@]2(/C(C)=C/[C@@H](C)[C@@H]([C@@H](C)OC(=O)C[N+]25CCN(CC2)CC5)OC1=O)[C@@H]3[C@H](O)[C@@H](C)[C@H]4OC(=O)C1=CC=CC1. The summed E-state index contributed by atoms with van der Waals surface area (Å²) in [6.45, 7) is 13.8. The van der Waals surface area contributed by atoms with Crippen LogP contribution in [0.1, 0.15) is 40.5 Å². The highest BCUT2D eigenvalue weighted by Crippen LogP contribution is 2.61. The van der Waals surface area contributed by atoms with Crippen molar-refractivity contribution in [2.24, 2.45) is 29.6 Å². The molecule has 5 heterocycles. The first kappa shape index (κ1) is 33.7. The van der Waals surface area contributed by atoms with E-state index in [0.717, 1.165) is 49.3 Å². The molecule has 5 fully saturated rings. The third-order valence-electron chi connectivity index (χ3n) is 12.6. The number of aliphatic hydroxyl groups is 1. The molecule has 0 aromatic carbocycles. The quantitative estimate of drug-likeness (QED) is 0.188. The number of piperazine rings is 3. The van der Waals surface area contributed by atoms with Crippen LogP contribution in [0.3, 0.4) is 0 Å². The van der Waals surface area contributed by atoms with Crippen molar-refractivity contribution in [1.82, 2.24) is 4.90 Å². The molecule has 48 heavy (non-hydrogen) atoms. The van der Waals surface area contributed by atoms with Crippen LogP contribution in [0, 0.1) is 29.6 Å². The molecule has 0 aromatic heterocycles. The molecule has 8 aliphatic rings. The van der Waals surface area contributed by atoms with Gasteiger partial charge in [0, 0.05) is 61.9 Å². The second-order valence-electron chi connectivity index (χ2n) is 15.3. The number of carbonyl (C=O) groups excluding carboxylic acids is 3. The van der Waals surface area contributed by atoms with Gasteiger partial charge in [-0.25, -0.2) is 14.4 Å². The number of cyclic esters (lactones) is 1. The average molecular weight is 668 g/mol. The highest BCUT2D eigenvalue weighted by molar-refractivity contribution is 5.90. The van der Waals surface area contributed by atoms with Crippen molar-refractivity contribution in [3.05, 3.63) is 47.6 Å². The van der Waals surface area contributed by atoms with Crippen LogP contribution < -0.4 is 0 Å². The first-order valence-corrected chi connectivity index (χ1v) is 17.8. The zero-order chi connectivity index (χ0) is 34.0. The third kappa shape index (κ3) is 5.59. The van der Waals surface area contributed by atoms with Crippen LogP contribution in [-0.2, 0) is 38.1 Å². The lowest BCUT2D eigenvalue weighted by Gasteiger charge is -2.50. The van der Waals surface area contributed by atoms with Crippen LogP contribution in [0.2, 0.25) is 0 Å². The summed E-state index contributed by atoms with van der Waals surface area (Å²) in [6.07, 6.45) is 8.18. The van der Waals surface area contributed by atoms with Crippen LogP contribution in [-0.4, -0.2) is 128 Å². The van der Waals surface area contributed by atoms with Gasteiger partial charge in [-0.05, 0) is 32.3 Å². The average Bonchev–Trinajstić information content (AvgIpc) is 3.67. The maximum absolute atomic E-state index is 13.7. The van der Waals surface area contributed by atoms with Crippen LogP contribution in [0.15, 0.2) is 47.6 Å². The zero-order valence-corrected chi connectivity index (χ0v) is 28.8. The van der Waals surface area contributed by atoms with E-state index in [1.54, 1.807) is 13.0 Å². The standard InChI is InChI=1S/C37H51N2O9/c1-21-18-22(2)37-26(10-11-27-30(37)31(41)23(3)33(34(27)48-37)47-35(42)25-8-6-7-9-25)19-28(44-5)36(43)46-32(21)24(4)45-29(40)20-39-15-12-38(13-16-39)14-17-39/h6-8,10-11,18,21,23-24,26-28,30-34,41H,9,12-17,19-20H2,1-5H3/q+1/b22-18+/t21-,23-,24-,26-,27-,28+,30+,31-,32+,33-,34-,37+/m1/s1. The largest absolute Gasteiger partial charge is 0.456 e. The topological polar surface area (TPSA) is 121 Å². The van der Waals surface area contributed by atoms with Gasteiger partial charge in [-0.3, -0.25) is 4.90 Å².